The van der Waals surface area contributed by atoms with Crippen molar-refractivity contribution in [1.29, 1.82) is 0 Å². The maximum absolute atomic E-state index is 5.96. The first-order valence-electron chi connectivity index (χ1n) is 6.13. The third-order valence-corrected chi connectivity index (χ3v) is 3.28. The van der Waals surface area contributed by atoms with E-state index in [2.05, 4.69) is 25.5 Å². The molecular weight excluding hydrogens is 262 g/mol. The van der Waals surface area contributed by atoms with Gasteiger partial charge in [-0.3, -0.25) is 5.10 Å². The predicted molar refractivity (Wildman–Crippen MR) is 75.1 cm³/mol. The maximum atomic E-state index is 5.96. The number of fused-ring (bicyclic) bond motifs is 1. The van der Waals surface area contributed by atoms with Crippen molar-refractivity contribution in [2.75, 3.05) is 6.54 Å². The number of aromatic amines is 2. The fourth-order valence-electron chi connectivity index (χ4n) is 2.09. The molecule has 3 N–H and O–H groups in total. The number of nitrogens with zero attached hydrogens (tertiary/aromatic N) is 2. The summed E-state index contributed by atoms with van der Waals surface area (Å²) >= 11 is 5.96. The van der Waals surface area contributed by atoms with Crippen LogP contribution in [-0.2, 0) is 13.0 Å². The Morgan fingerprint density at radius 2 is 2.26 bits per heavy atom. The molecule has 2 aromatic heterocycles. The van der Waals surface area contributed by atoms with Crippen LogP contribution in [0.4, 0.5) is 0 Å². The van der Waals surface area contributed by atoms with Gasteiger partial charge in [0.1, 0.15) is 12.2 Å². The SMILES string of the molecule is Clc1ccc2c(CNCCc3ncn[nH]3)c[nH]c2c1. The Hall–Kier alpha value is -1.85. The predicted octanol–water partition coefficient (Wildman–Crippen LogP) is 2.27. The van der Waals surface area contributed by atoms with Crippen molar-refractivity contribution >= 4 is 22.5 Å². The summed E-state index contributed by atoms with van der Waals surface area (Å²) in [6.45, 7) is 1.67. The molecule has 0 radical (unpaired) electrons. The van der Waals surface area contributed by atoms with Crippen molar-refractivity contribution < 1.29 is 0 Å². The lowest BCUT2D eigenvalue weighted by atomic mass is 10.2. The highest BCUT2D eigenvalue weighted by Crippen LogP contribution is 2.21. The first-order valence-corrected chi connectivity index (χ1v) is 6.51. The van der Waals surface area contributed by atoms with Gasteiger partial charge in [0.15, 0.2) is 0 Å². The van der Waals surface area contributed by atoms with Crippen LogP contribution in [-0.4, -0.2) is 26.7 Å². The van der Waals surface area contributed by atoms with E-state index in [4.69, 9.17) is 11.6 Å². The summed E-state index contributed by atoms with van der Waals surface area (Å²) < 4.78 is 0. The van der Waals surface area contributed by atoms with Gasteiger partial charge in [0.2, 0.25) is 0 Å². The topological polar surface area (TPSA) is 69.4 Å². The van der Waals surface area contributed by atoms with E-state index in [0.29, 0.717) is 0 Å². The minimum atomic E-state index is 0.749. The van der Waals surface area contributed by atoms with Crippen LogP contribution in [0.2, 0.25) is 5.02 Å². The minimum Gasteiger partial charge on any atom is -0.361 e. The number of hydrogen-bond acceptors (Lipinski definition) is 3. The molecule has 0 atom stereocenters. The number of hydrogen-bond donors (Lipinski definition) is 3. The zero-order valence-electron chi connectivity index (χ0n) is 10.3. The third kappa shape index (κ3) is 2.77. The first-order chi connectivity index (χ1) is 9.33. The summed E-state index contributed by atoms with van der Waals surface area (Å²) in [6, 6.07) is 5.90. The smallest absolute Gasteiger partial charge is 0.137 e. The number of nitrogens with one attached hydrogen (secondary N) is 3. The van der Waals surface area contributed by atoms with Crippen LogP contribution in [0.25, 0.3) is 10.9 Å². The van der Waals surface area contributed by atoms with Gasteiger partial charge < -0.3 is 10.3 Å². The summed E-state index contributed by atoms with van der Waals surface area (Å²) in [6.07, 6.45) is 4.38. The quantitative estimate of drug-likeness (QED) is 0.626. The van der Waals surface area contributed by atoms with Crippen LogP contribution < -0.4 is 5.32 Å². The van der Waals surface area contributed by atoms with Gasteiger partial charge in [-0.1, -0.05) is 17.7 Å². The summed E-state index contributed by atoms with van der Waals surface area (Å²) in [7, 11) is 0. The van der Waals surface area contributed by atoms with E-state index >= 15 is 0 Å². The lowest BCUT2D eigenvalue weighted by Gasteiger charge is -2.02. The molecule has 0 fully saturated rings. The fraction of sp³-hybridized carbons (Fsp3) is 0.231. The molecule has 19 heavy (non-hydrogen) atoms. The lowest BCUT2D eigenvalue weighted by molar-refractivity contribution is 0.674. The van der Waals surface area contributed by atoms with E-state index in [0.717, 1.165) is 35.9 Å². The van der Waals surface area contributed by atoms with Crippen LogP contribution in [0.3, 0.4) is 0 Å². The molecule has 0 saturated carbocycles. The fourth-order valence-corrected chi connectivity index (χ4v) is 2.26. The van der Waals surface area contributed by atoms with Gasteiger partial charge in [-0.25, -0.2) is 4.98 Å². The lowest BCUT2D eigenvalue weighted by Crippen LogP contribution is -2.17. The molecule has 2 heterocycles. The number of halogens is 1. The van der Waals surface area contributed by atoms with Gasteiger partial charge in [-0.2, -0.15) is 5.10 Å². The highest BCUT2D eigenvalue weighted by molar-refractivity contribution is 6.31. The zero-order valence-corrected chi connectivity index (χ0v) is 11.0. The molecule has 98 valence electrons. The Balaban J connectivity index is 1.59. The van der Waals surface area contributed by atoms with Gasteiger partial charge in [-0.15, -0.1) is 0 Å². The second-order valence-corrected chi connectivity index (χ2v) is 4.80. The van der Waals surface area contributed by atoms with Crippen molar-refractivity contribution in [2.45, 2.75) is 13.0 Å². The van der Waals surface area contributed by atoms with Gasteiger partial charge >= 0.3 is 0 Å². The molecule has 0 aliphatic rings. The standard InChI is InChI=1S/C13H14ClN5/c14-10-1-2-11-9(7-16-12(11)5-10)6-15-4-3-13-17-8-18-19-13/h1-2,5,7-8,15-16H,3-4,6H2,(H,17,18,19). The van der Waals surface area contributed by atoms with Crippen molar-refractivity contribution in [3.05, 3.63) is 47.1 Å². The van der Waals surface area contributed by atoms with Gasteiger partial charge in [0, 0.05) is 41.6 Å². The van der Waals surface area contributed by atoms with E-state index in [1.165, 1.54) is 17.3 Å². The van der Waals surface area contributed by atoms with Crippen molar-refractivity contribution in [3.63, 3.8) is 0 Å². The summed E-state index contributed by atoms with van der Waals surface area (Å²) in [5.74, 6) is 0.901. The molecule has 0 spiro atoms. The van der Waals surface area contributed by atoms with Crippen LogP contribution in [0, 0.1) is 0 Å². The Kier molecular flexibility index (Phi) is 3.48. The maximum Gasteiger partial charge on any atom is 0.137 e. The molecule has 1 aromatic carbocycles. The minimum absolute atomic E-state index is 0.749. The molecule has 0 unspecified atom stereocenters. The first kappa shape index (κ1) is 12.2. The third-order valence-electron chi connectivity index (χ3n) is 3.05. The second-order valence-electron chi connectivity index (χ2n) is 4.36. The van der Waals surface area contributed by atoms with Crippen LogP contribution in [0.15, 0.2) is 30.7 Å². The van der Waals surface area contributed by atoms with Crippen LogP contribution in [0.1, 0.15) is 11.4 Å². The monoisotopic (exact) mass is 275 g/mol. The van der Waals surface area contributed by atoms with E-state index in [1.807, 2.05) is 24.4 Å². The second kappa shape index (κ2) is 5.42. The molecule has 0 aliphatic heterocycles. The number of rotatable bonds is 5. The Morgan fingerprint density at radius 3 is 3.11 bits per heavy atom. The number of aromatic nitrogens is 4. The summed E-state index contributed by atoms with van der Waals surface area (Å²) in [5, 5.41) is 12.0. The van der Waals surface area contributed by atoms with Crippen LogP contribution in [0.5, 0.6) is 0 Å². The normalized spacial score (nSPS) is 11.2. The average molecular weight is 276 g/mol. The Morgan fingerprint density at radius 1 is 1.32 bits per heavy atom. The van der Waals surface area contributed by atoms with E-state index < -0.39 is 0 Å². The number of benzene rings is 1. The van der Waals surface area contributed by atoms with E-state index in [9.17, 15) is 0 Å². The highest BCUT2D eigenvalue weighted by atomic mass is 35.5. The zero-order chi connectivity index (χ0) is 13.1. The summed E-state index contributed by atoms with van der Waals surface area (Å²) in [5.41, 5.74) is 2.31. The van der Waals surface area contributed by atoms with E-state index in [-0.39, 0.29) is 0 Å². The molecular formula is C13H14ClN5. The van der Waals surface area contributed by atoms with Crippen molar-refractivity contribution in [3.8, 4) is 0 Å². The molecule has 6 heteroatoms. The largest absolute Gasteiger partial charge is 0.361 e. The molecule has 0 amide bonds. The Bertz CT molecular complexity index is 659. The van der Waals surface area contributed by atoms with Crippen LogP contribution >= 0.6 is 11.6 Å². The molecule has 3 aromatic rings. The highest BCUT2D eigenvalue weighted by Gasteiger charge is 2.03. The molecule has 3 rings (SSSR count). The molecule has 5 nitrogen and oxygen atoms in total. The van der Waals surface area contributed by atoms with Gasteiger partial charge in [0.25, 0.3) is 0 Å². The molecule has 0 bridgehead atoms. The average Bonchev–Trinajstić information content (AvgIpc) is 3.03. The molecule has 0 saturated heterocycles. The number of H-pyrrole nitrogens is 2. The van der Waals surface area contributed by atoms with Gasteiger partial charge in [-0.05, 0) is 17.7 Å². The van der Waals surface area contributed by atoms with Crippen molar-refractivity contribution in [2.24, 2.45) is 0 Å². The molecule has 0 aliphatic carbocycles. The van der Waals surface area contributed by atoms with Gasteiger partial charge in [0.05, 0.1) is 0 Å². The summed E-state index contributed by atoms with van der Waals surface area (Å²) in [4.78, 5) is 7.31. The van der Waals surface area contributed by atoms with Crippen molar-refractivity contribution in [1.82, 2.24) is 25.5 Å². The van der Waals surface area contributed by atoms with E-state index in [1.54, 1.807) is 0 Å². The Labute approximate surface area is 115 Å².